The van der Waals surface area contributed by atoms with Gasteiger partial charge in [0.2, 0.25) is 0 Å². The summed E-state index contributed by atoms with van der Waals surface area (Å²) in [6.07, 6.45) is 14.5. The molecule has 0 spiro atoms. The van der Waals surface area contributed by atoms with E-state index in [9.17, 15) is 0 Å². The molecule has 27 heavy (non-hydrogen) atoms. The number of allylic oxidation sites excluding steroid dienone is 8. The van der Waals surface area contributed by atoms with E-state index in [0.717, 1.165) is 24.3 Å². The Bertz CT molecular complexity index is 862. The van der Waals surface area contributed by atoms with E-state index < -0.39 is 21.1 Å². The van der Waals surface area contributed by atoms with Crippen LogP contribution in [0.2, 0.25) is 10.0 Å². The molecule has 5 heteroatoms. The van der Waals surface area contributed by atoms with Crippen molar-refractivity contribution in [3.63, 3.8) is 0 Å². The Morgan fingerprint density at radius 2 is 1.04 bits per heavy atom. The van der Waals surface area contributed by atoms with Crippen LogP contribution in [0.25, 0.3) is 0 Å². The minimum absolute atomic E-state index is 0.685. The summed E-state index contributed by atoms with van der Waals surface area (Å²) in [5.41, 5.74) is 0. The number of hydrogen-bond donors (Lipinski definition) is 0. The second kappa shape index (κ2) is 8.23. The van der Waals surface area contributed by atoms with Gasteiger partial charge in [0.15, 0.2) is 0 Å². The second-order valence-electron chi connectivity index (χ2n) is 6.38. The van der Waals surface area contributed by atoms with Crippen LogP contribution in [0.4, 0.5) is 0 Å². The van der Waals surface area contributed by atoms with Gasteiger partial charge in [-0.15, -0.1) is 0 Å². The van der Waals surface area contributed by atoms with Gasteiger partial charge < -0.3 is 0 Å². The monoisotopic (exact) mass is 474 g/mol. The zero-order chi connectivity index (χ0) is 18.7. The second-order valence-corrected chi connectivity index (χ2v) is 14.4. The van der Waals surface area contributed by atoms with Crippen LogP contribution in [0.15, 0.2) is 91.5 Å². The Kier molecular flexibility index (Phi) is 5.73. The van der Waals surface area contributed by atoms with Gasteiger partial charge in [-0.3, -0.25) is 0 Å². The van der Waals surface area contributed by atoms with Crippen molar-refractivity contribution in [3.05, 3.63) is 102 Å². The van der Waals surface area contributed by atoms with Crippen LogP contribution in [0.1, 0.15) is 12.8 Å². The van der Waals surface area contributed by atoms with Gasteiger partial charge in [-0.1, -0.05) is 0 Å². The van der Waals surface area contributed by atoms with E-state index in [0.29, 0.717) is 10.0 Å². The van der Waals surface area contributed by atoms with Crippen molar-refractivity contribution in [2.24, 2.45) is 0 Å². The molecule has 4 rings (SSSR count). The fourth-order valence-corrected chi connectivity index (χ4v) is 11.6. The molecule has 2 aromatic rings. The first-order chi connectivity index (χ1) is 13.2. The first-order valence-electron chi connectivity index (χ1n) is 8.77. The van der Waals surface area contributed by atoms with E-state index >= 15 is 0 Å². The number of rotatable bonds is 6. The van der Waals surface area contributed by atoms with E-state index in [1.165, 1.54) is 6.56 Å². The summed E-state index contributed by atoms with van der Waals surface area (Å²) in [4.78, 5) is 0. The van der Waals surface area contributed by atoms with Gasteiger partial charge in [0.25, 0.3) is 0 Å². The summed E-state index contributed by atoms with van der Waals surface area (Å²) in [5, 5.41) is 1.37. The molecule has 2 aromatic carbocycles. The molecule has 0 amide bonds. The zero-order valence-corrected chi connectivity index (χ0v) is 18.5. The van der Waals surface area contributed by atoms with Crippen LogP contribution < -0.4 is 5.63 Å². The minimum atomic E-state index is -3.91. The summed E-state index contributed by atoms with van der Waals surface area (Å²) in [7, 11) is 0. The number of benzene rings is 2. The van der Waals surface area contributed by atoms with E-state index in [4.69, 9.17) is 28.8 Å². The Labute approximate surface area is 175 Å². The van der Waals surface area contributed by atoms with Gasteiger partial charge in [0, 0.05) is 0 Å². The predicted octanol–water partition coefficient (Wildman–Crippen LogP) is 7.12. The summed E-state index contributed by atoms with van der Waals surface area (Å²) in [6, 6.07) is 15.0. The Balaban J connectivity index is 1.77. The predicted molar refractivity (Wildman–Crippen MR) is 108 cm³/mol. The van der Waals surface area contributed by atoms with Crippen LogP contribution in [0.3, 0.4) is 0 Å². The van der Waals surface area contributed by atoms with E-state index in [1.54, 1.807) is 0 Å². The molecule has 0 heterocycles. The normalized spacial score (nSPS) is 15.6. The molecule has 0 atom stereocenters. The van der Waals surface area contributed by atoms with Crippen LogP contribution in [-0.4, -0.2) is 0 Å². The van der Waals surface area contributed by atoms with Crippen molar-refractivity contribution in [3.8, 4) is 11.5 Å². The van der Waals surface area contributed by atoms with Crippen molar-refractivity contribution < 1.29 is 26.8 Å². The summed E-state index contributed by atoms with van der Waals surface area (Å²) < 4.78 is 16.0. The maximum absolute atomic E-state index is 6.74. The third-order valence-electron chi connectivity index (χ3n) is 4.54. The SMILES string of the molecule is Clc1ccc([O][Zr]([O]c2ccc(Cl)cc2)([C]2=CC=CC2)[C]2=CC=CC2)cc1. The topological polar surface area (TPSA) is 18.5 Å². The van der Waals surface area contributed by atoms with Gasteiger partial charge in [-0.2, -0.15) is 0 Å². The Morgan fingerprint density at radius 1 is 0.630 bits per heavy atom. The van der Waals surface area contributed by atoms with Crippen LogP contribution in [0, 0.1) is 0 Å². The van der Waals surface area contributed by atoms with Crippen molar-refractivity contribution in [1.82, 2.24) is 0 Å². The van der Waals surface area contributed by atoms with Crippen molar-refractivity contribution in [1.29, 1.82) is 0 Å². The first-order valence-corrected chi connectivity index (χ1v) is 14.0. The fourth-order valence-electron chi connectivity index (χ4n) is 3.21. The molecule has 0 bridgehead atoms. The third kappa shape index (κ3) is 4.16. The standard InChI is InChI=1S/2C6H5ClO.2C5H5.Zr/c2*7-5-1-3-6(8)4-2-5;2*1-2-4-5-3-1;/h2*1-4,8H;2*1-3H,4H2;/q;;;;+2/p-2. The van der Waals surface area contributed by atoms with E-state index in [-0.39, 0.29) is 0 Å². The average Bonchev–Trinajstić information content (AvgIpc) is 3.39. The number of halogens is 2. The molecule has 0 radical (unpaired) electrons. The third-order valence-corrected chi connectivity index (χ3v) is 13.6. The molecular formula is C22H18Cl2O2Zr. The molecule has 0 saturated heterocycles. The molecular weight excluding hydrogens is 458 g/mol. The van der Waals surface area contributed by atoms with Gasteiger partial charge in [-0.05, 0) is 0 Å². The van der Waals surface area contributed by atoms with E-state index in [2.05, 4.69) is 36.5 Å². The molecule has 2 nitrogen and oxygen atoms in total. The molecule has 136 valence electrons. The molecule has 0 aromatic heterocycles. The van der Waals surface area contributed by atoms with Crippen LogP contribution >= 0.6 is 23.2 Å². The van der Waals surface area contributed by atoms with Gasteiger partial charge in [0.1, 0.15) is 0 Å². The molecule has 2 aliphatic carbocycles. The average molecular weight is 477 g/mol. The van der Waals surface area contributed by atoms with Crippen LogP contribution in [-0.2, 0) is 21.1 Å². The molecule has 0 fully saturated rings. The molecule has 0 saturated carbocycles. The molecule has 0 aliphatic heterocycles. The maximum atomic E-state index is 6.74. The van der Waals surface area contributed by atoms with Crippen molar-refractivity contribution >= 4 is 23.2 Å². The summed E-state index contributed by atoms with van der Waals surface area (Å²) >= 11 is 8.21. The zero-order valence-electron chi connectivity index (χ0n) is 14.6. The number of hydrogen-bond acceptors (Lipinski definition) is 2. The van der Waals surface area contributed by atoms with E-state index in [1.807, 2.05) is 48.5 Å². The molecule has 2 aliphatic rings. The fraction of sp³-hybridized carbons (Fsp3) is 0.0909. The van der Waals surface area contributed by atoms with Gasteiger partial charge >= 0.3 is 176 Å². The molecule has 0 N–H and O–H groups in total. The van der Waals surface area contributed by atoms with Crippen LogP contribution in [0.5, 0.6) is 11.5 Å². The quantitative estimate of drug-likeness (QED) is 0.442. The summed E-state index contributed by atoms with van der Waals surface area (Å²) in [5.74, 6) is 1.56. The first kappa shape index (κ1) is 18.8. The summed E-state index contributed by atoms with van der Waals surface area (Å²) in [6.45, 7) is 0. The Hall–Kier alpha value is -1.54. The van der Waals surface area contributed by atoms with Gasteiger partial charge in [0.05, 0.1) is 0 Å². The van der Waals surface area contributed by atoms with Crippen molar-refractivity contribution in [2.45, 2.75) is 12.8 Å². The van der Waals surface area contributed by atoms with Crippen molar-refractivity contribution in [2.75, 3.05) is 0 Å². The Morgan fingerprint density at radius 3 is 1.37 bits per heavy atom. The van der Waals surface area contributed by atoms with Gasteiger partial charge in [-0.25, -0.2) is 0 Å². The molecule has 0 unspecified atom stereocenters.